The van der Waals surface area contributed by atoms with Gasteiger partial charge in [-0.25, -0.2) is 4.98 Å². The highest BCUT2D eigenvalue weighted by Gasteiger charge is 2.23. The third-order valence-electron chi connectivity index (χ3n) is 4.37. The van der Waals surface area contributed by atoms with Crippen LogP contribution in [0.4, 0.5) is 0 Å². The van der Waals surface area contributed by atoms with E-state index in [1.165, 1.54) is 6.42 Å². The van der Waals surface area contributed by atoms with Crippen LogP contribution in [-0.4, -0.2) is 39.3 Å². The van der Waals surface area contributed by atoms with Crippen LogP contribution in [0.3, 0.4) is 0 Å². The zero-order chi connectivity index (χ0) is 14.8. The van der Waals surface area contributed by atoms with E-state index in [1.54, 1.807) is 0 Å². The fraction of sp³-hybridized carbons (Fsp3) is 0.588. The molecule has 1 aromatic heterocycles. The summed E-state index contributed by atoms with van der Waals surface area (Å²) in [5.41, 5.74) is 2.15. The Hall–Kier alpha value is -1.39. The van der Waals surface area contributed by atoms with Crippen LogP contribution < -0.4 is 0 Å². The average molecular weight is 287 g/mol. The fourth-order valence-corrected chi connectivity index (χ4v) is 3.72. The monoisotopic (exact) mass is 287 g/mol. The van der Waals surface area contributed by atoms with Crippen LogP contribution in [0.1, 0.15) is 26.1 Å². The summed E-state index contributed by atoms with van der Waals surface area (Å²) in [5.74, 6) is 2.58. The Labute approximate surface area is 126 Å². The van der Waals surface area contributed by atoms with Crippen molar-refractivity contribution in [3.05, 3.63) is 30.1 Å². The molecule has 0 radical (unpaired) electrons. The van der Waals surface area contributed by atoms with Gasteiger partial charge in [-0.15, -0.1) is 0 Å². The lowest BCUT2D eigenvalue weighted by Crippen LogP contribution is -2.38. The minimum atomic E-state index is 0.153. The summed E-state index contributed by atoms with van der Waals surface area (Å²) in [7, 11) is 0. The molecule has 2 atom stereocenters. The smallest absolute Gasteiger partial charge is 0.124 e. The summed E-state index contributed by atoms with van der Waals surface area (Å²) >= 11 is 0. The topological polar surface area (TPSA) is 41.3 Å². The van der Waals surface area contributed by atoms with E-state index in [0.717, 1.165) is 48.3 Å². The Morgan fingerprint density at radius 1 is 1.19 bits per heavy atom. The molecule has 1 aliphatic heterocycles. The van der Waals surface area contributed by atoms with Gasteiger partial charge in [0.2, 0.25) is 0 Å². The highest BCUT2D eigenvalue weighted by atomic mass is 16.3. The fourth-order valence-electron chi connectivity index (χ4n) is 3.72. The number of benzene rings is 1. The first-order valence-electron chi connectivity index (χ1n) is 7.94. The van der Waals surface area contributed by atoms with Gasteiger partial charge in [0.15, 0.2) is 0 Å². The van der Waals surface area contributed by atoms with Crippen LogP contribution in [0.15, 0.2) is 24.3 Å². The molecule has 0 amide bonds. The zero-order valence-electron chi connectivity index (χ0n) is 13.0. The Balaban J connectivity index is 1.87. The molecular formula is C17H25N3O. The Bertz CT molecular complexity index is 597. The number of aliphatic hydroxyl groups is 1. The second-order valence-electron chi connectivity index (χ2n) is 6.53. The van der Waals surface area contributed by atoms with Crippen LogP contribution in [0.5, 0.6) is 0 Å². The van der Waals surface area contributed by atoms with Crippen molar-refractivity contribution in [3.8, 4) is 0 Å². The first-order chi connectivity index (χ1) is 10.2. The van der Waals surface area contributed by atoms with Gasteiger partial charge in [-0.2, -0.15) is 0 Å². The third kappa shape index (κ3) is 3.11. The number of rotatable bonds is 4. The maximum atomic E-state index is 9.35. The van der Waals surface area contributed by atoms with Crippen LogP contribution in [0, 0.1) is 11.8 Å². The van der Waals surface area contributed by atoms with E-state index in [2.05, 4.69) is 29.4 Å². The minimum absolute atomic E-state index is 0.153. The van der Waals surface area contributed by atoms with Crippen LogP contribution in [0.25, 0.3) is 11.0 Å². The number of nitrogens with zero attached hydrogens (tertiary/aromatic N) is 3. The molecule has 2 aromatic rings. The van der Waals surface area contributed by atoms with Gasteiger partial charge in [-0.1, -0.05) is 26.0 Å². The van der Waals surface area contributed by atoms with E-state index in [-0.39, 0.29) is 6.61 Å². The lowest BCUT2D eigenvalue weighted by atomic mass is 9.92. The maximum absolute atomic E-state index is 9.35. The highest BCUT2D eigenvalue weighted by Crippen LogP contribution is 2.23. The summed E-state index contributed by atoms with van der Waals surface area (Å²) in [5, 5.41) is 9.35. The van der Waals surface area contributed by atoms with Gasteiger partial charge >= 0.3 is 0 Å². The number of para-hydroxylation sites is 2. The summed E-state index contributed by atoms with van der Waals surface area (Å²) in [4.78, 5) is 7.29. The Kier molecular flexibility index (Phi) is 4.27. The molecule has 114 valence electrons. The maximum Gasteiger partial charge on any atom is 0.124 e. The lowest BCUT2D eigenvalue weighted by Gasteiger charge is -2.34. The molecule has 4 nitrogen and oxygen atoms in total. The second-order valence-corrected chi connectivity index (χ2v) is 6.53. The molecule has 1 fully saturated rings. The van der Waals surface area contributed by atoms with Crippen molar-refractivity contribution < 1.29 is 5.11 Å². The summed E-state index contributed by atoms with van der Waals surface area (Å²) in [6.45, 7) is 8.61. The molecule has 2 heterocycles. The van der Waals surface area contributed by atoms with Crippen LogP contribution in [0.2, 0.25) is 0 Å². The van der Waals surface area contributed by atoms with Gasteiger partial charge in [0.1, 0.15) is 5.82 Å². The van der Waals surface area contributed by atoms with E-state index >= 15 is 0 Å². The van der Waals surface area contributed by atoms with Crippen molar-refractivity contribution in [1.29, 1.82) is 0 Å². The van der Waals surface area contributed by atoms with Crippen molar-refractivity contribution in [2.75, 3.05) is 19.7 Å². The van der Waals surface area contributed by atoms with Gasteiger partial charge in [0.25, 0.3) is 0 Å². The molecule has 3 rings (SSSR count). The average Bonchev–Trinajstić information content (AvgIpc) is 2.76. The summed E-state index contributed by atoms with van der Waals surface area (Å²) < 4.78 is 2.17. The molecule has 0 saturated carbocycles. The predicted molar refractivity (Wildman–Crippen MR) is 85.0 cm³/mol. The molecule has 1 N–H and O–H groups in total. The van der Waals surface area contributed by atoms with Crippen molar-refractivity contribution in [2.45, 2.75) is 33.4 Å². The van der Waals surface area contributed by atoms with Crippen molar-refractivity contribution >= 4 is 11.0 Å². The highest BCUT2D eigenvalue weighted by molar-refractivity contribution is 5.75. The summed E-state index contributed by atoms with van der Waals surface area (Å²) in [6.07, 6.45) is 1.32. The number of piperidine rings is 1. The number of hydrogen-bond acceptors (Lipinski definition) is 3. The summed E-state index contributed by atoms with van der Waals surface area (Å²) in [6, 6.07) is 8.19. The first kappa shape index (κ1) is 14.5. The third-order valence-corrected chi connectivity index (χ3v) is 4.37. The van der Waals surface area contributed by atoms with Gasteiger partial charge in [0, 0.05) is 19.6 Å². The number of fused-ring (bicyclic) bond motifs is 1. The molecule has 0 bridgehead atoms. The second kappa shape index (κ2) is 6.16. The van der Waals surface area contributed by atoms with Crippen molar-refractivity contribution in [2.24, 2.45) is 11.8 Å². The molecule has 2 unspecified atom stereocenters. The van der Waals surface area contributed by atoms with Crippen LogP contribution >= 0.6 is 0 Å². The Morgan fingerprint density at radius 2 is 1.90 bits per heavy atom. The van der Waals surface area contributed by atoms with E-state index in [0.29, 0.717) is 6.54 Å². The predicted octanol–water partition coefficient (Wildman–Crippen LogP) is 2.51. The van der Waals surface area contributed by atoms with Gasteiger partial charge < -0.3 is 9.67 Å². The van der Waals surface area contributed by atoms with E-state index in [9.17, 15) is 5.11 Å². The number of likely N-dealkylation sites (tertiary alicyclic amines) is 1. The van der Waals surface area contributed by atoms with Gasteiger partial charge in [0.05, 0.1) is 24.2 Å². The number of hydrogen-bond donors (Lipinski definition) is 1. The standard InChI is InChI=1S/C17H25N3O/c1-13-9-14(2)11-19(10-13)12-17-18-15-5-3-4-6-16(15)20(17)7-8-21/h3-6,13-14,21H,7-12H2,1-2H3. The molecule has 4 heteroatoms. The molecule has 1 aromatic carbocycles. The molecule has 0 aliphatic carbocycles. The van der Waals surface area contributed by atoms with Gasteiger partial charge in [-0.3, -0.25) is 4.90 Å². The zero-order valence-corrected chi connectivity index (χ0v) is 13.0. The quantitative estimate of drug-likeness (QED) is 0.939. The van der Waals surface area contributed by atoms with E-state index < -0.39 is 0 Å². The number of imidazole rings is 1. The lowest BCUT2D eigenvalue weighted by molar-refractivity contribution is 0.129. The van der Waals surface area contributed by atoms with E-state index in [1.807, 2.05) is 18.2 Å². The number of aliphatic hydroxyl groups excluding tert-OH is 1. The molecular weight excluding hydrogens is 262 g/mol. The van der Waals surface area contributed by atoms with Crippen molar-refractivity contribution in [3.63, 3.8) is 0 Å². The molecule has 1 aliphatic rings. The largest absolute Gasteiger partial charge is 0.395 e. The van der Waals surface area contributed by atoms with E-state index in [4.69, 9.17) is 4.98 Å². The molecule has 21 heavy (non-hydrogen) atoms. The molecule has 0 spiro atoms. The van der Waals surface area contributed by atoms with Gasteiger partial charge in [-0.05, 0) is 30.4 Å². The number of aromatic nitrogens is 2. The minimum Gasteiger partial charge on any atom is -0.395 e. The molecule has 1 saturated heterocycles. The van der Waals surface area contributed by atoms with Crippen molar-refractivity contribution in [1.82, 2.24) is 14.5 Å². The first-order valence-corrected chi connectivity index (χ1v) is 7.94. The van der Waals surface area contributed by atoms with Crippen LogP contribution in [-0.2, 0) is 13.1 Å². The SMILES string of the molecule is CC1CC(C)CN(Cc2nc3ccccc3n2CCO)C1. The normalized spacial score (nSPS) is 23.8. The Morgan fingerprint density at radius 3 is 2.62 bits per heavy atom.